The molecule has 106 valence electrons. The van der Waals surface area contributed by atoms with Gasteiger partial charge in [0, 0.05) is 16.2 Å². The van der Waals surface area contributed by atoms with E-state index < -0.39 is 0 Å². The molecule has 1 amide bonds. The van der Waals surface area contributed by atoms with Crippen LogP contribution in [0.2, 0.25) is 0 Å². The molecule has 0 saturated carbocycles. The zero-order valence-corrected chi connectivity index (χ0v) is 12.8. The molecule has 4 heteroatoms. The summed E-state index contributed by atoms with van der Waals surface area (Å²) in [6.07, 6.45) is 9.47. The van der Waals surface area contributed by atoms with Crippen LogP contribution in [0.4, 0.5) is 0 Å². The van der Waals surface area contributed by atoms with Crippen molar-refractivity contribution in [3.05, 3.63) is 21.9 Å². The van der Waals surface area contributed by atoms with Gasteiger partial charge < -0.3 is 0 Å². The van der Waals surface area contributed by atoms with E-state index in [4.69, 9.17) is 0 Å². The summed E-state index contributed by atoms with van der Waals surface area (Å²) in [5.74, 6) is 0.0139. The van der Waals surface area contributed by atoms with Crippen molar-refractivity contribution in [1.82, 2.24) is 5.43 Å². The first-order chi connectivity index (χ1) is 9.22. The average Bonchev–Trinajstić information content (AvgIpc) is 2.79. The standard InChI is InChI=1S/C15H24N2OS/c1-3-4-5-6-7-8-9-15(18)17-16-12-14-11-10-13(2)19-14/h10-12H,3-9H2,1-2H3,(H,17,18)/b16-12-. The zero-order chi connectivity index (χ0) is 13.9. The Bertz CT molecular complexity index is 399. The lowest BCUT2D eigenvalue weighted by molar-refractivity contribution is -0.121. The first kappa shape index (κ1) is 15.9. The fraction of sp³-hybridized carbons (Fsp3) is 0.600. The molecule has 1 N–H and O–H groups in total. The van der Waals surface area contributed by atoms with Crippen molar-refractivity contribution in [2.45, 2.75) is 58.8 Å². The van der Waals surface area contributed by atoms with E-state index in [0.29, 0.717) is 6.42 Å². The Morgan fingerprint density at radius 3 is 2.68 bits per heavy atom. The fourth-order valence-electron chi connectivity index (χ4n) is 1.81. The fourth-order valence-corrected chi connectivity index (χ4v) is 2.56. The van der Waals surface area contributed by atoms with Gasteiger partial charge in [-0.1, -0.05) is 39.0 Å². The van der Waals surface area contributed by atoms with E-state index >= 15 is 0 Å². The van der Waals surface area contributed by atoms with Gasteiger partial charge >= 0.3 is 0 Å². The number of carbonyl (C=O) groups excluding carboxylic acids is 1. The highest BCUT2D eigenvalue weighted by molar-refractivity contribution is 7.13. The number of unbranched alkanes of at least 4 members (excludes halogenated alkanes) is 5. The van der Waals surface area contributed by atoms with Gasteiger partial charge in [-0.05, 0) is 25.5 Å². The molecule has 0 spiro atoms. The van der Waals surface area contributed by atoms with Gasteiger partial charge in [0.1, 0.15) is 0 Å². The molecule has 0 fully saturated rings. The lowest BCUT2D eigenvalue weighted by atomic mass is 10.1. The molecule has 0 bridgehead atoms. The van der Waals surface area contributed by atoms with Crippen molar-refractivity contribution in [1.29, 1.82) is 0 Å². The second-order valence-corrected chi connectivity index (χ2v) is 6.08. The maximum Gasteiger partial charge on any atom is 0.240 e. The molecule has 0 aliphatic carbocycles. The summed E-state index contributed by atoms with van der Waals surface area (Å²) >= 11 is 1.67. The van der Waals surface area contributed by atoms with Gasteiger partial charge in [-0.3, -0.25) is 4.79 Å². The smallest absolute Gasteiger partial charge is 0.240 e. The monoisotopic (exact) mass is 280 g/mol. The van der Waals surface area contributed by atoms with Crippen LogP contribution < -0.4 is 5.43 Å². The van der Waals surface area contributed by atoms with Crippen LogP contribution in [-0.2, 0) is 4.79 Å². The van der Waals surface area contributed by atoms with Crippen molar-refractivity contribution in [3.63, 3.8) is 0 Å². The number of aryl methyl sites for hydroxylation is 1. The molecule has 0 saturated heterocycles. The topological polar surface area (TPSA) is 41.5 Å². The van der Waals surface area contributed by atoms with Crippen molar-refractivity contribution in [2.75, 3.05) is 0 Å². The number of thiophene rings is 1. The maximum absolute atomic E-state index is 11.5. The number of hydrazone groups is 1. The quantitative estimate of drug-likeness (QED) is 0.410. The zero-order valence-electron chi connectivity index (χ0n) is 11.9. The van der Waals surface area contributed by atoms with Gasteiger partial charge in [0.25, 0.3) is 0 Å². The molecular weight excluding hydrogens is 256 g/mol. The first-order valence-electron chi connectivity index (χ1n) is 7.10. The van der Waals surface area contributed by atoms with Crippen LogP contribution in [0.5, 0.6) is 0 Å². The molecule has 0 radical (unpaired) electrons. The van der Waals surface area contributed by atoms with Crippen molar-refractivity contribution in [2.24, 2.45) is 5.10 Å². The molecule has 19 heavy (non-hydrogen) atoms. The largest absolute Gasteiger partial charge is 0.273 e. The summed E-state index contributed by atoms with van der Waals surface area (Å²) in [5, 5.41) is 3.97. The average molecular weight is 280 g/mol. The van der Waals surface area contributed by atoms with Crippen LogP contribution in [0.1, 0.15) is 61.6 Å². The molecule has 0 atom stereocenters. The number of hydrogen-bond donors (Lipinski definition) is 1. The normalized spacial score (nSPS) is 11.1. The van der Waals surface area contributed by atoms with Crippen LogP contribution >= 0.6 is 11.3 Å². The number of nitrogens with zero attached hydrogens (tertiary/aromatic N) is 1. The van der Waals surface area contributed by atoms with Crippen LogP contribution in [0, 0.1) is 6.92 Å². The SMILES string of the molecule is CCCCCCCCC(=O)N/N=C\c1ccc(C)s1. The third-order valence-corrected chi connectivity index (χ3v) is 3.83. The highest BCUT2D eigenvalue weighted by Crippen LogP contribution is 2.12. The number of amides is 1. The Hall–Kier alpha value is -1.16. The molecule has 3 nitrogen and oxygen atoms in total. The number of nitrogens with one attached hydrogen (secondary N) is 1. The van der Waals surface area contributed by atoms with Gasteiger partial charge in [-0.25, -0.2) is 5.43 Å². The molecule has 0 unspecified atom stereocenters. The van der Waals surface area contributed by atoms with Crippen molar-refractivity contribution < 1.29 is 4.79 Å². The number of rotatable bonds is 9. The second kappa shape index (κ2) is 9.73. The minimum absolute atomic E-state index is 0.0139. The Morgan fingerprint density at radius 1 is 1.26 bits per heavy atom. The highest BCUT2D eigenvalue weighted by Gasteiger charge is 1.99. The van der Waals surface area contributed by atoms with E-state index in [1.807, 2.05) is 12.1 Å². The van der Waals surface area contributed by atoms with Crippen LogP contribution in [0.25, 0.3) is 0 Å². The van der Waals surface area contributed by atoms with Gasteiger partial charge in [0.15, 0.2) is 0 Å². The van der Waals surface area contributed by atoms with Crippen molar-refractivity contribution in [3.8, 4) is 0 Å². The number of carbonyl (C=O) groups is 1. The third kappa shape index (κ3) is 7.78. The third-order valence-electron chi connectivity index (χ3n) is 2.90. The first-order valence-corrected chi connectivity index (χ1v) is 7.92. The Balaban J connectivity index is 2.06. The maximum atomic E-state index is 11.5. The summed E-state index contributed by atoms with van der Waals surface area (Å²) in [7, 11) is 0. The molecule has 1 aromatic rings. The molecular formula is C15H24N2OS. The molecule has 1 heterocycles. The van der Waals surface area contributed by atoms with Crippen molar-refractivity contribution >= 4 is 23.5 Å². The molecule has 1 rings (SSSR count). The van der Waals surface area contributed by atoms with E-state index in [2.05, 4.69) is 24.4 Å². The Morgan fingerprint density at radius 2 is 2.00 bits per heavy atom. The van der Waals surface area contributed by atoms with Gasteiger partial charge in [-0.15, -0.1) is 11.3 Å². The summed E-state index contributed by atoms with van der Waals surface area (Å²) in [6, 6.07) is 4.05. The van der Waals surface area contributed by atoms with Gasteiger partial charge in [0.2, 0.25) is 5.91 Å². The summed E-state index contributed by atoms with van der Waals surface area (Å²) in [5.41, 5.74) is 2.58. The number of hydrogen-bond acceptors (Lipinski definition) is 3. The predicted octanol–water partition coefficient (Wildman–Crippen LogP) is 4.26. The predicted molar refractivity (Wildman–Crippen MR) is 82.8 cm³/mol. The van der Waals surface area contributed by atoms with Gasteiger partial charge in [-0.2, -0.15) is 5.10 Å². The van der Waals surface area contributed by atoms with Crippen LogP contribution in [0.3, 0.4) is 0 Å². The minimum Gasteiger partial charge on any atom is -0.273 e. The van der Waals surface area contributed by atoms with E-state index in [1.165, 1.54) is 30.6 Å². The summed E-state index contributed by atoms with van der Waals surface area (Å²) in [6.45, 7) is 4.26. The van der Waals surface area contributed by atoms with E-state index in [9.17, 15) is 4.79 Å². The van der Waals surface area contributed by atoms with Crippen LogP contribution in [0.15, 0.2) is 17.2 Å². The molecule has 0 aliphatic rings. The Labute approximate surface area is 120 Å². The van der Waals surface area contributed by atoms with E-state index in [1.54, 1.807) is 17.6 Å². The van der Waals surface area contributed by atoms with E-state index in [-0.39, 0.29) is 5.91 Å². The summed E-state index contributed by atoms with van der Waals surface area (Å²) in [4.78, 5) is 13.8. The second-order valence-electron chi connectivity index (χ2n) is 4.76. The lowest BCUT2D eigenvalue weighted by Crippen LogP contribution is -2.16. The molecule has 0 aliphatic heterocycles. The molecule has 0 aromatic carbocycles. The minimum atomic E-state index is 0.0139. The van der Waals surface area contributed by atoms with Crippen LogP contribution in [-0.4, -0.2) is 12.1 Å². The highest BCUT2D eigenvalue weighted by atomic mass is 32.1. The lowest BCUT2D eigenvalue weighted by Gasteiger charge is -2.00. The Kier molecular flexibility index (Phi) is 8.14. The van der Waals surface area contributed by atoms with Gasteiger partial charge in [0.05, 0.1) is 6.21 Å². The summed E-state index contributed by atoms with van der Waals surface area (Å²) < 4.78 is 0. The van der Waals surface area contributed by atoms with E-state index in [0.717, 1.165) is 17.7 Å². The molecule has 1 aromatic heterocycles.